The molecule has 0 amide bonds. The SMILES string of the molecule is [BiH3].[Fe].[O]=[Ni]. The van der Waals surface area contributed by atoms with E-state index in [1.54, 1.807) is 0 Å². The van der Waals surface area contributed by atoms with Gasteiger partial charge in [0.15, 0.2) is 0 Å². The second-order valence-electron chi connectivity index (χ2n) is 0. The molecule has 0 aromatic carbocycles. The van der Waals surface area contributed by atoms with Crippen LogP contribution in [0.25, 0.3) is 0 Å². The fourth-order valence-corrected chi connectivity index (χ4v) is 0. The van der Waals surface area contributed by atoms with E-state index in [9.17, 15) is 0 Å². The van der Waals surface area contributed by atoms with E-state index >= 15 is 0 Å². The molecule has 0 fully saturated rings. The average molecular weight is 343 g/mol. The summed E-state index contributed by atoms with van der Waals surface area (Å²) in [6.07, 6.45) is 0. The summed E-state index contributed by atoms with van der Waals surface area (Å²) in [5.74, 6) is 0. The maximum absolute atomic E-state index is 7.88. The minimum atomic E-state index is 0. The number of hydrogen-bond acceptors (Lipinski definition) is 1. The molecule has 0 aromatic heterocycles. The quantitative estimate of drug-likeness (QED) is 0.500. The molecule has 0 saturated carbocycles. The Bertz CT molecular complexity index is 8.00. The Morgan fingerprint density at radius 2 is 1.25 bits per heavy atom. The van der Waals surface area contributed by atoms with Gasteiger partial charge in [0.25, 0.3) is 0 Å². The Balaban J connectivity index is -0.00000000500. The van der Waals surface area contributed by atoms with E-state index in [0.717, 1.165) is 0 Å². The summed E-state index contributed by atoms with van der Waals surface area (Å²) < 4.78 is 7.88. The molecule has 0 aliphatic carbocycles. The van der Waals surface area contributed by atoms with Gasteiger partial charge in [-0.3, -0.25) is 0 Å². The molecule has 0 atom stereocenters. The first kappa shape index (κ1) is 17.3. The van der Waals surface area contributed by atoms with E-state index in [0.29, 0.717) is 0 Å². The van der Waals surface area contributed by atoms with Gasteiger partial charge >= 0.3 is 45.5 Å². The first-order chi connectivity index (χ1) is 1.00. The maximum atomic E-state index is 7.88. The first-order valence-corrected chi connectivity index (χ1v) is 0.532. The molecule has 0 heterocycles. The Morgan fingerprint density at radius 3 is 1.25 bits per heavy atom. The molecule has 0 saturated heterocycles. The molecule has 0 unspecified atom stereocenters. The first-order valence-electron chi connectivity index (χ1n) is 0.129. The summed E-state index contributed by atoms with van der Waals surface area (Å²) in [6, 6.07) is 0. The molecular formula is H3BiFeNiO. The van der Waals surface area contributed by atoms with Crippen LogP contribution in [0.2, 0.25) is 0 Å². The molecule has 0 N–H and O–H groups in total. The zero-order valence-electron chi connectivity index (χ0n) is 1.79. The summed E-state index contributed by atoms with van der Waals surface area (Å²) in [5.41, 5.74) is 0. The van der Waals surface area contributed by atoms with E-state index in [4.69, 9.17) is 3.90 Å². The third-order valence-corrected chi connectivity index (χ3v) is 0. The van der Waals surface area contributed by atoms with Crippen LogP contribution >= 0.6 is 0 Å². The monoisotopic (exact) mass is 342 g/mol. The van der Waals surface area contributed by atoms with E-state index in [2.05, 4.69) is 15.4 Å². The normalized spacial score (nSPS) is 1.50. The number of hydrogen-bond donors (Lipinski definition) is 0. The zero-order valence-corrected chi connectivity index (χ0v) is 9.37. The fraction of sp³-hybridized carbons (Fsp3) is 0. The van der Waals surface area contributed by atoms with Crippen molar-refractivity contribution in [1.29, 1.82) is 0 Å². The van der Waals surface area contributed by atoms with Gasteiger partial charge in [-0.1, -0.05) is 0 Å². The van der Waals surface area contributed by atoms with Crippen molar-refractivity contribution in [3.63, 3.8) is 0 Å². The van der Waals surface area contributed by atoms with Gasteiger partial charge in [0.1, 0.15) is 0 Å². The molecule has 0 bridgehead atoms. The van der Waals surface area contributed by atoms with Gasteiger partial charge < -0.3 is 0 Å². The Labute approximate surface area is 62.1 Å². The van der Waals surface area contributed by atoms with Gasteiger partial charge in [-0.2, -0.15) is 0 Å². The molecule has 0 radical (unpaired) electrons. The third-order valence-electron chi connectivity index (χ3n) is 0. The molecule has 0 aliphatic heterocycles. The van der Waals surface area contributed by atoms with Crippen LogP contribution in [0.15, 0.2) is 0 Å². The predicted octanol–water partition coefficient (Wildman–Crippen LogP) is -1.31. The van der Waals surface area contributed by atoms with Crippen molar-refractivity contribution in [2.45, 2.75) is 0 Å². The Hall–Kier alpha value is 1.70. The van der Waals surface area contributed by atoms with Crippen molar-refractivity contribution in [2.75, 3.05) is 0 Å². The molecule has 0 aliphatic rings. The van der Waals surface area contributed by atoms with Crippen LogP contribution in [0, 0.1) is 0 Å². The molecular weight excluding hydrogens is 340 g/mol. The van der Waals surface area contributed by atoms with E-state index in [1.165, 1.54) is 0 Å². The van der Waals surface area contributed by atoms with Crippen molar-refractivity contribution < 1.29 is 36.4 Å². The van der Waals surface area contributed by atoms with Crippen molar-refractivity contribution in [1.82, 2.24) is 0 Å². The van der Waals surface area contributed by atoms with Crippen molar-refractivity contribution in [3.05, 3.63) is 0 Å². The van der Waals surface area contributed by atoms with E-state index in [-0.39, 0.29) is 43.3 Å². The molecule has 1 nitrogen and oxygen atoms in total. The van der Waals surface area contributed by atoms with Gasteiger partial charge in [-0.05, 0) is 0 Å². The van der Waals surface area contributed by atoms with Crippen molar-refractivity contribution in [3.8, 4) is 0 Å². The van der Waals surface area contributed by atoms with Crippen LogP contribution in [0.5, 0.6) is 0 Å². The summed E-state index contributed by atoms with van der Waals surface area (Å²) in [7, 11) is 0. The summed E-state index contributed by atoms with van der Waals surface area (Å²) in [4.78, 5) is 0. The van der Waals surface area contributed by atoms with Crippen LogP contribution in [-0.2, 0) is 36.4 Å². The Morgan fingerprint density at radius 1 is 1.25 bits per heavy atom. The topological polar surface area (TPSA) is 17.1 Å². The van der Waals surface area contributed by atoms with Crippen LogP contribution in [0.3, 0.4) is 0 Å². The van der Waals surface area contributed by atoms with Crippen molar-refractivity contribution >= 4 is 26.2 Å². The summed E-state index contributed by atoms with van der Waals surface area (Å²) in [5, 5.41) is 0. The number of rotatable bonds is 0. The van der Waals surface area contributed by atoms with E-state index in [1.807, 2.05) is 0 Å². The van der Waals surface area contributed by atoms with Crippen LogP contribution < -0.4 is 0 Å². The predicted molar refractivity (Wildman–Crippen MR) is 10.6 cm³/mol. The third kappa shape index (κ3) is 9.34. The van der Waals surface area contributed by atoms with Crippen LogP contribution in [0.1, 0.15) is 0 Å². The van der Waals surface area contributed by atoms with Crippen LogP contribution in [-0.4, -0.2) is 26.2 Å². The molecule has 4 heteroatoms. The average Bonchev–Trinajstić information content (AvgIpc) is 1.00. The molecule has 0 spiro atoms. The van der Waals surface area contributed by atoms with Gasteiger partial charge in [0, 0.05) is 17.1 Å². The molecule has 0 aromatic rings. The van der Waals surface area contributed by atoms with E-state index < -0.39 is 0 Å². The van der Waals surface area contributed by atoms with Gasteiger partial charge in [-0.15, -0.1) is 0 Å². The Kier molecular flexibility index (Phi) is 96.3. The summed E-state index contributed by atoms with van der Waals surface area (Å²) in [6.45, 7) is 0. The fourth-order valence-electron chi connectivity index (χ4n) is 0. The molecule has 4 heavy (non-hydrogen) atoms. The van der Waals surface area contributed by atoms with Gasteiger partial charge in [-0.25, -0.2) is 0 Å². The van der Waals surface area contributed by atoms with Crippen LogP contribution in [0.4, 0.5) is 0 Å². The minimum absolute atomic E-state index is 0. The second kappa shape index (κ2) is 22.3. The zero-order chi connectivity index (χ0) is 2.00. The standard InChI is InChI=1S/Bi.Fe.Ni.O.3H. The molecule has 32 valence electrons. The van der Waals surface area contributed by atoms with Gasteiger partial charge in [0.05, 0.1) is 0 Å². The van der Waals surface area contributed by atoms with Crippen molar-refractivity contribution in [2.24, 2.45) is 0 Å². The van der Waals surface area contributed by atoms with Gasteiger partial charge in [0.2, 0.25) is 0 Å². The second-order valence-corrected chi connectivity index (χ2v) is 0. The molecule has 0 rings (SSSR count). The summed E-state index contributed by atoms with van der Waals surface area (Å²) >= 11 is 2.62.